The minimum Gasteiger partial charge on any atom is -0.386 e. The van der Waals surface area contributed by atoms with Gasteiger partial charge >= 0.3 is 0 Å². The quantitative estimate of drug-likeness (QED) is 0.737. The summed E-state index contributed by atoms with van der Waals surface area (Å²) in [6.07, 6.45) is 0.622. The fraction of sp³-hybridized carbons (Fsp3) is 1.00. The van der Waals surface area contributed by atoms with Gasteiger partial charge in [-0.05, 0) is 27.7 Å². The number of aliphatic hydroxyl groups is 1. The smallest absolute Gasteiger partial charge is 0.102 e. The Morgan fingerprint density at radius 3 is 2.00 bits per heavy atom. The van der Waals surface area contributed by atoms with Crippen molar-refractivity contribution in [3.05, 3.63) is 0 Å². The molecule has 3 nitrogen and oxygen atoms in total. The molecule has 15 heavy (non-hydrogen) atoms. The van der Waals surface area contributed by atoms with E-state index in [-0.39, 0.29) is 11.0 Å². The first-order valence-corrected chi connectivity index (χ1v) is 5.60. The van der Waals surface area contributed by atoms with Crippen molar-refractivity contribution in [1.82, 2.24) is 0 Å². The predicted molar refractivity (Wildman–Crippen MR) is 61.6 cm³/mol. The highest BCUT2D eigenvalue weighted by atomic mass is 16.5. The zero-order chi connectivity index (χ0) is 12.1. The van der Waals surface area contributed by atoms with Crippen molar-refractivity contribution in [3.63, 3.8) is 0 Å². The number of rotatable bonds is 2. The first kappa shape index (κ1) is 12.9. The van der Waals surface area contributed by atoms with Crippen LogP contribution in [0.15, 0.2) is 0 Å². The van der Waals surface area contributed by atoms with E-state index in [0.29, 0.717) is 13.0 Å². The summed E-state index contributed by atoms with van der Waals surface area (Å²) >= 11 is 0. The van der Waals surface area contributed by atoms with Crippen molar-refractivity contribution < 1.29 is 9.84 Å². The highest BCUT2D eigenvalue weighted by Crippen LogP contribution is 2.52. The molecule has 0 aliphatic carbocycles. The first-order valence-electron chi connectivity index (χ1n) is 5.60. The minimum atomic E-state index is -0.877. The van der Waals surface area contributed by atoms with Gasteiger partial charge in [0.05, 0.1) is 11.2 Å². The van der Waals surface area contributed by atoms with Crippen LogP contribution in [0.4, 0.5) is 0 Å². The van der Waals surface area contributed by atoms with E-state index in [0.717, 1.165) is 0 Å². The summed E-state index contributed by atoms with van der Waals surface area (Å²) in [5.74, 6) is 0. The van der Waals surface area contributed by atoms with Crippen LogP contribution < -0.4 is 5.73 Å². The average molecular weight is 215 g/mol. The van der Waals surface area contributed by atoms with Crippen molar-refractivity contribution in [1.29, 1.82) is 0 Å². The molecule has 0 spiro atoms. The van der Waals surface area contributed by atoms with Crippen LogP contribution in [0.25, 0.3) is 0 Å². The summed E-state index contributed by atoms with van der Waals surface area (Å²) in [6.45, 7) is 12.4. The SMILES string of the molecule is CC1(C)CC(O)(C(C)(C)CN)C(C)(C)O1. The van der Waals surface area contributed by atoms with E-state index in [1.54, 1.807) is 0 Å². The van der Waals surface area contributed by atoms with Gasteiger partial charge in [0.15, 0.2) is 0 Å². The Labute approximate surface area is 93.0 Å². The molecule has 3 N–H and O–H groups in total. The summed E-state index contributed by atoms with van der Waals surface area (Å²) in [5, 5.41) is 10.9. The van der Waals surface area contributed by atoms with Gasteiger partial charge in [0, 0.05) is 18.4 Å². The van der Waals surface area contributed by atoms with Gasteiger partial charge in [-0.2, -0.15) is 0 Å². The maximum Gasteiger partial charge on any atom is 0.102 e. The fourth-order valence-electron chi connectivity index (χ4n) is 2.86. The van der Waals surface area contributed by atoms with Crippen molar-refractivity contribution >= 4 is 0 Å². The van der Waals surface area contributed by atoms with Crippen molar-refractivity contribution in [2.45, 2.75) is 64.8 Å². The zero-order valence-corrected chi connectivity index (χ0v) is 10.8. The lowest BCUT2D eigenvalue weighted by Gasteiger charge is -2.46. The standard InChI is InChI=1S/C12H25NO2/c1-9(2,8-13)12(14)7-10(3,4)15-11(12,5)6/h14H,7-8,13H2,1-6H3. The van der Waals surface area contributed by atoms with Crippen LogP contribution in [0.3, 0.4) is 0 Å². The number of hydrogen-bond acceptors (Lipinski definition) is 3. The van der Waals surface area contributed by atoms with Crippen LogP contribution in [0, 0.1) is 5.41 Å². The summed E-state index contributed by atoms with van der Waals surface area (Å²) in [4.78, 5) is 0. The largest absolute Gasteiger partial charge is 0.386 e. The van der Waals surface area contributed by atoms with Gasteiger partial charge in [0.2, 0.25) is 0 Å². The second kappa shape index (κ2) is 3.19. The Hall–Kier alpha value is -0.120. The molecule has 0 radical (unpaired) electrons. The van der Waals surface area contributed by atoms with E-state index < -0.39 is 11.2 Å². The Kier molecular flexibility index (Phi) is 2.75. The maximum atomic E-state index is 10.9. The molecular formula is C12H25NO2. The molecule has 1 aliphatic rings. The third kappa shape index (κ3) is 1.81. The Morgan fingerprint density at radius 1 is 1.27 bits per heavy atom. The molecule has 90 valence electrons. The zero-order valence-electron chi connectivity index (χ0n) is 10.8. The average Bonchev–Trinajstić information content (AvgIpc) is 2.16. The summed E-state index contributed by atoms with van der Waals surface area (Å²) in [5.41, 5.74) is 3.70. The Bertz CT molecular complexity index is 258. The van der Waals surface area contributed by atoms with Crippen molar-refractivity contribution in [2.24, 2.45) is 11.1 Å². The Balaban J connectivity index is 3.14. The van der Waals surface area contributed by atoms with E-state index in [9.17, 15) is 5.11 Å². The van der Waals surface area contributed by atoms with Crippen LogP contribution in [-0.2, 0) is 4.74 Å². The van der Waals surface area contributed by atoms with E-state index in [2.05, 4.69) is 0 Å². The van der Waals surface area contributed by atoms with Gasteiger partial charge in [-0.25, -0.2) is 0 Å². The number of ether oxygens (including phenoxy) is 1. The van der Waals surface area contributed by atoms with Crippen LogP contribution >= 0.6 is 0 Å². The predicted octanol–water partition coefficient (Wildman–Crippen LogP) is 1.68. The third-order valence-electron chi connectivity index (χ3n) is 3.84. The molecular weight excluding hydrogens is 190 g/mol. The first-order chi connectivity index (χ1) is 6.47. The van der Waals surface area contributed by atoms with Gasteiger partial charge in [-0.1, -0.05) is 13.8 Å². The number of hydrogen-bond donors (Lipinski definition) is 2. The molecule has 0 saturated carbocycles. The van der Waals surface area contributed by atoms with E-state index in [4.69, 9.17) is 10.5 Å². The van der Waals surface area contributed by atoms with E-state index in [1.807, 2.05) is 41.5 Å². The molecule has 1 heterocycles. The van der Waals surface area contributed by atoms with Crippen LogP contribution in [-0.4, -0.2) is 28.5 Å². The Morgan fingerprint density at radius 2 is 1.73 bits per heavy atom. The van der Waals surface area contributed by atoms with E-state index >= 15 is 0 Å². The number of nitrogens with two attached hydrogens (primary N) is 1. The molecule has 1 atom stereocenters. The summed E-state index contributed by atoms with van der Waals surface area (Å²) < 4.78 is 5.93. The molecule has 1 fully saturated rings. The van der Waals surface area contributed by atoms with Crippen LogP contribution in [0.1, 0.15) is 48.0 Å². The summed E-state index contributed by atoms with van der Waals surface area (Å²) in [6, 6.07) is 0. The molecule has 0 aromatic heterocycles. The molecule has 0 bridgehead atoms. The van der Waals surface area contributed by atoms with E-state index in [1.165, 1.54) is 0 Å². The van der Waals surface area contributed by atoms with Gasteiger partial charge in [-0.3, -0.25) is 0 Å². The second-order valence-corrected chi connectivity index (χ2v) is 6.50. The molecule has 0 aromatic rings. The molecule has 1 rings (SSSR count). The topological polar surface area (TPSA) is 55.5 Å². The normalized spacial score (nSPS) is 34.4. The lowest BCUT2D eigenvalue weighted by Crippen LogP contribution is -2.59. The van der Waals surface area contributed by atoms with Gasteiger partial charge < -0.3 is 15.6 Å². The highest BCUT2D eigenvalue weighted by molar-refractivity contribution is 5.12. The molecule has 1 saturated heterocycles. The molecule has 0 aromatic carbocycles. The van der Waals surface area contributed by atoms with Gasteiger partial charge in [-0.15, -0.1) is 0 Å². The lowest BCUT2D eigenvalue weighted by atomic mass is 9.65. The summed E-state index contributed by atoms with van der Waals surface area (Å²) in [7, 11) is 0. The monoisotopic (exact) mass is 215 g/mol. The fourth-order valence-corrected chi connectivity index (χ4v) is 2.86. The highest BCUT2D eigenvalue weighted by Gasteiger charge is 2.62. The van der Waals surface area contributed by atoms with Crippen molar-refractivity contribution in [3.8, 4) is 0 Å². The van der Waals surface area contributed by atoms with Crippen LogP contribution in [0.2, 0.25) is 0 Å². The molecule has 3 heteroatoms. The second-order valence-electron chi connectivity index (χ2n) is 6.50. The minimum absolute atomic E-state index is 0.287. The van der Waals surface area contributed by atoms with Crippen LogP contribution in [0.5, 0.6) is 0 Å². The lowest BCUT2D eigenvalue weighted by molar-refractivity contribution is -0.167. The van der Waals surface area contributed by atoms with Gasteiger partial charge in [0.25, 0.3) is 0 Å². The van der Waals surface area contributed by atoms with Crippen molar-refractivity contribution in [2.75, 3.05) is 6.54 Å². The molecule has 1 unspecified atom stereocenters. The molecule has 0 amide bonds. The maximum absolute atomic E-state index is 10.9. The molecule has 1 aliphatic heterocycles. The third-order valence-corrected chi connectivity index (χ3v) is 3.84. The van der Waals surface area contributed by atoms with Gasteiger partial charge in [0.1, 0.15) is 5.60 Å².